The van der Waals surface area contributed by atoms with Gasteiger partial charge in [0.05, 0.1) is 20.1 Å². The summed E-state index contributed by atoms with van der Waals surface area (Å²) in [5, 5.41) is 4.70. The first-order valence-electron chi connectivity index (χ1n) is 12.2. The van der Waals surface area contributed by atoms with E-state index in [1.165, 1.54) is 25.9 Å². The van der Waals surface area contributed by atoms with E-state index in [-0.39, 0.29) is 17.7 Å². The number of rotatable bonds is 11. The summed E-state index contributed by atoms with van der Waals surface area (Å²) in [4.78, 5) is 40.5. The van der Waals surface area contributed by atoms with Crippen molar-refractivity contribution in [3.05, 3.63) is 18.2 Å². The molecular formula is C27H44N2O6S. The molecule has 0 fully saturated rings. The maximum Gasteiger partial charge on any atom is 0.320 e. The number of likely N-dealkylation sites (N-methyl/N-ethyl adjacent to an activating group) is 1. The largest absolute Gasteiger partial charge is 0.493 e. The zero-order valence-electron chi connectivity index (χ0n) is 23.6. The van der Waals surface area contributed by atoms with Crippen LogP contribution in [0.1, 0.15) is 61.8 Å². The number of carbonyl (C=O) groups is 3. The Morgan fingerprint density at radius 2 is 1.53 bits per heavy atom. The summed E-state index contributed by atoms with van der Waals surface area (Å²) in [5.41, 5.74) is -1.27. The van der Waals surface area contributed by atoms with Gasteiger partial charge in [-0.15, -0.1) is 11.8 Å². The summed E-state index contributed by atoms with van der Waals surface area (Å²) in [5.74, 6) is -0.697. The van der Waals surface area contributed by atoms with E-state index in [0.29, 0.717) is 17.9 Å². The van der Waals surface area contributed by atoms with Crippen molar-refractivity contribution in [1.29, 1.82) is 0 Å². The van der Waals surface area contributed by atoms with E-state index in [4.69, 9.17) is 14.2 Å². The molecule has 0 unspecified atom stereocenters. The van der Waals surface area contributed by atoms with Crippen molar-refractivity contribution in [3.8, 4) is 11.5 Å². The zero-order valence-corrected chi connectivity index (χ0v) is 24.4. The zero-order chi connectivity index (χ0) is 27.8. The number of methoxy groups -OCH3 is 2. The Morgan fingerprint density at radius 1 is 0.944 bits per heavy atom. The lowest BCUT2D eigenvalue weighted by Crippen LogP contribution is -2.55. The quantitative estimate of drug-likeness (QED) is 0.326. The SMILES string of the molecule is CNC(=O)[C@@H](NC(=O)[C@H](CC(C)C)[C@H](Sc1ccc(OC)c(OC)c1)C(=O)OC(C)(C)C)C(C)(C)C. The van der Waals surface area contributed by atoms with Gasteiger partial charge in [0.25, 0.3) is 0 Å². The van der Waals surface area contributed by atoms with Gasteiger partial charge in [0, 0.05) is 11.9 Å². The van der Waals surface area contributed by atoms with Crippen molar-refractivity contribution in [2.75, 3.05) is 21.3 Å². The minimum atomic E-state index is -0.852. The standard InChI is InChI=1S/C27H44N2O6S/c1-16(2)14-18(23(30)29-22(24(31)28-9)26(3,4)5)21(25(32)35-27(6,7)8)36-17-12-13-19(33-10)20(15-17)34-11/h12-13,15-16,18,21-22H,14H2,1-11H3,(H,28,31)(H,29,30)/t18-,21+,22-/m1/s1. The monoisotopic (exact) mass is 524 g/mol. The Morgan fingerprint density at radius 3 is 1.97 bits per heavy atom. The normalized spacial score (nSPS) is 14.4. The van der Waals surface area contributed by atoms with Crippen LogP contribution in [0.3, 0.4) is 0 Å². The van der Waals surface area contributed by atoms with E-state index in [1.807, 2.05) is 40.7 Å². The van der Waals surface area contributed by atoms with E-state index in [2.05, 4.69) is 10.6 Å². The second-order valence-corrected chi connectivity index (χ2v) is 12.5. The average Bonchev–Trinajstić information content (AvgIpc) is 2.76. The maximum atomic E-state index is 13.7. The Kier molecular flexibility index (Phi) is 11.6. The van der Waals surface area contributed by atoms with Gasteiger partial charge in [0.1, 0.15) is 16.9 Å². The number of amides is 2. The van der Waals surface area contributed by atoms with E-state index < -0.39 is 34.2 Å². The molecule has 0 aromatic heterocycles. The molecule has 1 aromatic carbocycles. The molecule has 9 heteroatoms. The third-order valence-electron chi connectivity index (χ3n) is 5.35. The lowest BCUT2D eigenvalue weighted by atomic mass is 9.85. The van der Waals surface area contributed by atoms with Gasteiger partial charge < -0.3 is 24.8 Å². The summed E-state index contributed by atoms with van der Waals surface area (Å²) >= 11 is 1.24. The molecule has 0 aliphatic carbocycles. The Balaban J connectivity index is 3.50. The van der Waals surface area contributed by atoms with Gasteiger partial charge in [0.2, 0.25) is 11.8 Å². The van der Waals surface area contributed by atoms with Gasteiger partial charge in [-0.25, -0.2) is 0 Å². The summed E-state index contributed by atoms with van der Waals surface area (Å²) in [7, 11) is 4.63. The molecule has 2 N–H and O–H groups in total. The average molecular weight is 525 g/mol. The number of hydrogen-bond donors (Lipinski definition) is 2. The molecular weight excluding hydrogens is 480 g/mol. The summed E-state index contributed by atoms with van der Waals surface area (Å²) < 4.78 is 16.5. The number of nitrogens with one attached hydrogen (secondary N) is 2. The molecule has 0 saturated carbocycles. The highest BCUT2D eigenvalue weighted by atomic mass is 32.2. The van der Waals surface area contributed by atoms with Crippen LogP contribution in [0.15, 0.2) is 23.1 Å². The Hall–Kier alpha value is -2.42. The first kappa shape index (κ1) is 31.6. The number of carbonyl (C=O) groups excluding carboxylic acids is 3. The van der Waals surface area contributed by atoms with Crippen molar-refractivity contribution < 1.29 is 28.6 Å². The summed E-state index contributed by atoms with van der Waals surface area (Å²) in [6.45, 7) is 15.0. The van der Waals surface area contributed by atoms with Crippen molar-refractivity contribution in [2.24, 2.45) is 17.3 Å². The molecule has 0 aliphatic rings. The third kappa shape index (κ3) is 9.56. The van der Waals surface area contributed by atoms with Crippen LogP contribution >= 0.6 is 11.8 Å². The number of thioether (sulfide) groups is 1. The van der Waals surface area contributed by atoms with Crippen molar-refractivity contribution >= 4 is 29.5 Å². The number of hydrogen-bond acceptors (Lipinski definition) is 7. The molecule has 0 radical (unpaired) electrons. The fourth-order valence-corrected chi connectivity index (χ4v) is 4.79. The number of benzene rings is 1. The molecule has 0 spiro atoms. The summed E-state index contributed by atoms with van der Waals surface area (Å²) in [6, 6.07) is 4.57. The lowest BCUT2D eigenvalue weighted by molar-refractivity contribution is -0.156. The van der Waals surface area contributed by atoms with E-state index >= 15 is 0 Å². The molecule has 0 aliphatic heterocycles. The number of esters is 1. The predicted molar refractivity (Wildman–Crippen MR) is 143 cm³/mol. The molecule has 0 heterocycles. The lowest BCUT2D eigenvalue weighted by Gasteiger charge is -2.34. The van der Waals surface area contributed by atoms with Crippen LogP contribution in [0.4, 0.5) is 0 Å². The van der Waals surface area contributed by atoms with Crippen molar-refractivity contribution in [1.82, 2.24) is 10.6 Å². The molecule has 8 nitrogen and oxygen atoms in total. The molecule has 1 rings (SSSR count). The van der Waals surface area contributed by atoms with E-state index in [0.717, 1.165) is 4.90 Å². The fraction of sp³-hybridized carbons (Fsp3) is 0.667. The smallest absolute Gasteiger partial charge is 0.320 e. The van der Waals surface area contributed by atoms with E-state index in [9.17, 15) is 14.4 Å². The molecule has 1 aromatic rings. The first-order valence-corrected chi connectivity index (χ1v) is 13.1. The van der Waals surface area contributed by atoms with Crippen molar-refractivity contribution in [3.63, 3.8) is 0 Å². The van der Waals surface area contributed by atoms with Crippen LogP contribution < -0.4 is 20.1 Å². The molecule has 2 amide bonds. The maximum absolute atomic E-state index is 13.7. The van der Waals surface area contributed by atoms with Crippen LogP contribution in [0.25, 0.3) is 0 Å². The molecule has 0 bridgehead atoms. The molecule has 204 valence electrons. The highest BCUT2D eigenvalue weighted by Crippen LogP contribution is 2.38. The number of ether oxygens (including phenoxy) is 3. The molecule has 36 heavy (non-hydrogen) atoms. The van der Waals surface area contributed by atoms with Gasteiger partial charge in [-0.2, -0.15) is 0 Å². The van der Waals surface area contributed by atoms with Gasteiger partial charge in [-0.05, 0) is 56.7 Å². The molecule has 3 atom stereocenters. The van der Waals surface area contributed by atoms with Crippen LogP contribution in [0.5, 0.6) is 11.5 Å². The van der Waals surface area contributed by atoms with Crippen molar-refractivity contribution in [2.45, 2.75) is 83.6 Å². The van der Waals surface area contributed by atoms with Crippen LogP contribution in [-0.2, 0) is 19.1 Å². The van der Waals surface area contributed by atoms with Gasteiger partial charge in [-0.1, -0.05) is 34.6 Å². The Labute approximate surface area is 220 Å². The van der Waals surface area contributed by atoms with E-state index in [1.54, 1.807) is 40.0 Å². The topological polar surface area (TPSA) is 103 Å². The second kappa shape index (κ2) is 13.2. The van der Waals surface area contributed by atoms with Gasteiger partial charge >= 0.3 is 5.97 Å². The van der Waals surface area contributed by atoms with Gasteiger partial charge in [-0.3, -0.25) is 14.4 Å². The minimum absolute atomic E-state index is 0.116. The van der Waals surface area contributed by atoms with Crippen LogP contribution in [-0.4, -0.2) is 55.9 Å². The fourth-order valence-electron chi connectivity index (χ4n) is 3.64. The first-order chi connectivity index (χ1) is 16.5. The predicted octanol–water partition coefficient (Wildman–Crippen LogP) is 4.45. The third-order valence-corrected chi connectivity index (χ3v) is 6.65. The summed E-state index contributed by atoms with van der Waals surface area (Å²) in [6.07, 6.45) is 0.431. The van der Waals surface area contributed by atoms with Crippen LogP contribution in [0.2, 0.25) is 0 Å². The van der Waals surface area contributed by atoms with Crippen LogP contribution in [0, 0.1) is 17.3 Å². The second-order valence-electron chi connectivity index (χ2n) is 11.2. The minimum Gasteiger partial charge on any atom is -0.493 e. The highest BCUT2D eigenvalue weighted by molar-refractivity contribution is 8.00. The highest BCUT2D eigenvalue weighted by Gasteiger charge is 2.41. The van der Waals surface area contributed by atoms with Gasteiger partial charge in [0.15, 0.2) is 11.5 Å². The molecule has 0 saturated heterocycles. The Bertz CT molecular complexity index is 905.